The molecule has 0 aromatic heterocycles. The van der Waals surface area contributed by atoms with Gasteiger partial charge in [0.25, 0.3) is 0 Å². The van der Waals surface area contributed by atoms with Crippen LogP contribution in [0.25, 0.3) is 0 Å². The lowest BCUT2D eigenvalue weighted by Gasteiger charge is -2.22. The van der Waals surface area contributed by atoms with Crippen molar-refractivity contribution >= 4 is 17.3 Å². The van der Waals surface area contributed by atoms with Gasteiger partial charge in [0.2, 0.25) is 0 Å². The molecule has 2 N–H and O–H groups in total. The summed E-state index contributed by atoms with van der Waals surface area (Å²) >= 11 is 6.38. The van der Waals surface area contributed by atoms with Crippen LogP contribution in [0.2, 0.25) is 5.02 Å². The average molecular weight is 289 g/mol. The van der Waals surface area contributed by atoms with Crippen molar-refractivity contribution in [1.29, 1.82) is 0 Å². The molecule has 0 spiro atoms. The van der Waals surface area contributed by atoms with Crippen molar-refractivity contribution in [2.45, 2.75) is 26.4 Å². The molecule has 0 bridgehead atoms. The summed E-state index contributed by atoms with van der Waals surface area (Å²) in [5.41, 5.74) is 10.6. The van der Waals surface area contributed by atoms with Gasteiger partial charge in [-0.15, -0.1) is 0 Å². The highest BCUT2D eigenvalue weighted by atomic mass is 35.5. The molecule has 0 radical (unpaired) electrons. The summed E-state index contributed by atoms with van der Waals surface area (Å²) in [6.45, 7) is 4.93. The lowest BCUT2D eigenvalue weighted by atomic mass is 10.1. The van der Waals surface area contributed by atoms with Crippen LogP contribution in [0.4, 0.5) is 5.69 Å². The third-order valence-corrected chi connectivity index (χ3v) is 3.88. The van der Waals surface area contributed by atoms with Crippen molar-refractivity contribution in [2.24, 2.45) is 5.73 Å². The van der Waals surface area contributed by atoms with Gasteiger partial charge in [0, 0.05) is 19.6 Å². The summed E-state index contributed by atoms with van der Waals surface area (Å²) in [5.74, 6) is 0. The van der Waals surface area contributed by atoms with Crippen LogP contribution >= 0.6 is 11.6 Å². The first-order valence-corrected chi connectivity index (χ1v) is 7.17. The number of rotatable bonds is 4. The van der Waals surface area contributed by atoms with Gasteiger partial charge in [0.05, 0.1) is 10.7 Å². The van der Waals surface area contributed by atoms with E-state index in [1.165, 1.54) is 11.1 Å². The smallest absolute Gasteiger partial charge is 0.0642 e. The Labute approximate surface area is 126 Å². The lowest BCUT2D eigenvalue weighted by Crippen LogP contribution is -2.17. The number of hydrogen-bond acceptors (Lipinski definition) is 2. The molecule has 0 aliphatic carbocycles. The van der Waals surface area contributed by atoms with Gasteiger partial charge in [0.1, 0.15) is 0 Å². The zero-order chi connectivity index (χ0) is 14.7. The molecule has 0 unspecified atom stereocenters. The van der Waals surface area contributed by atoms with Gasteiger partial charge in [-0.2, -0.15) is 0 Å². The summed E-state index contributed by atoms with van der Waals surface area (Å²) < 4.78 is 0. The Morgan fingerprint density at radius 3 is 2.50 bits per heavy atom. The average Bonchev–Trinajstić information content (AvgIpc) is 2.41. The second-order valence-corrected chi connectivity index (χ2v) is 5.69. The number of nitrogens with two attached hydrogens (primary N) is 1. The summed E-state index contributed by atoms with van der Waals surface area (Å²) in [6.07, 6.45) is 0. The zero-order valence-corrected chi connectivity index (χ0v) is 13.0. The van der Waals surface area contributed by atoms with Crippen molar-refractivity contribution in [3.05, 3.63) is 64.2 Å². The van der Waals surface area contributed by atoms with E-state index in [-0.39, 0.29) is 6.04 Å². The normalized spacial score (nSPS) is 12.2. The Morgan fingerprint density at radius 1 is 1.20 bits per heavy atom. The third-order valence-electron chi connectivity index (χ3n) is 3.58. The fourth-order valence-electron chi connectivity index (χ4n) is 2.24. The van der Waals surface area contributed by atoms with E-state index in [0.29, 0.717) is 0 Å². The van der Waals surface area contributed by atoms with E-state index >= 15 is 0 Å². The molecule has 1 atom stereocenters. The summed E-state index contributed by atoms with van der Waals surface area (Å²) in [5, 5.41) is 0.746. The molecule has 0 saturated carbocycles. The number of aryl methyl sites for hydroxylation is 1. The monoisotopic (exact) mass is 288 g/mol. The van der Waals surface area contributed by atoms with Crippen LogP contribution < -0.4 is 10.6 Å². The molecule has 2 rings (SSSR count). The van der Waals surface area contributed by atoms with E-state index in [1.54, 1.807) is 0 Å². The molecule has 0 saturated heterocycles. The predicted molar refractivity (Wildman–Crippen MR) is 87.3 cm³/mol. The van der Waals surface area contributed by atoms with Crippen molar-refractivity contribution in [3.8, 4) is 0 Å². The fraction of sp³-hybridized carbons (Fsp3) is 0.294. The van der Waals surface area contributed by atoms with Gasteiger partial charge < -0.3 is 10.6 Å². The number of nitrogens with zero attached hydrogens (tertiary/aromatic N) is 1. The van der Waals surface area contributed by atoms with Gasteiger partial charge in [-0.3, -0.25) is 0 Å². The van der Waals surface area contributed by atoms with Crippen molar-refractivity contribution in [2.75, 3.05) is 11.9 Å². The van der Waals surface area contributed by atoms with E-state index in [1.807, 2.05) is 25.1 Å². The van der Waals surface area contributed by atoms with Crippen LogP contribution in [0.15, 0.2) is 42.5 Å². The second kappa shape index (κ2) is 6.29. The molecule has 0 fully saturated rings. The lowest BCUT2D eigenvalue weighted by molar-refractivity contribution is 0.817. The highest BCUT2D eigenvalue weighted by Gasteiger charge is 2.10. The number of hydrogen-bond donors (Lipinski definition) is 1. The molecule has 0 heterocycles. The maximum atomic E-state index is 6.38. The highest BCUT2D eigenvalue weighted by molar-refractivity contribution is 6.33. The molecular formula is C17H21ClN2. The van der Waals surface area contributed by atoms with Crippen LogP contribution in [0, 0.1) is 6.92 Å². The Kier molecular flexibility index (Phi) is 4.69. The standard InChI is InChI=1S/C17H21ClN2/c1-12-6-4-5-7-15(12)11-20(3)17-9-8-14(13(2)19)10-16(17)18/h4-10,13H,11,19H2,1-3H3/t13-/m0/s1. The Morgan fingerprint density at radius 2 is 1.90 bits per heavy atom. The van der Waals surface area contributed by atoms with Crippen LogP contribution in [0.3, 0.4) is 0 Å². The molecule has 0 aliphatic rings. The van der Waals surface area contributed by atoms with Crippen LogP contribution in [-0.2, 0) is 6.54 Å². The molecule has 3 heteroatoms. The van der Waals surface area contributed by atoms with E-state index in [9.17, 15) is 0 Å². The predicted octanol–water partition coefficient (Wildman–Crippen LogP) is 4.30. The Hall–Kier alpha value is -1.51. The topological polar surface area (TPSA) is 29.3 Å². The minimum atomic E-state index is 0.00299. The van der Waals surface area contributed by atoms with Gasteiger partial charge >= 0.3 is 0 Å². The number of anilines is 1. The van der Waals surface area contributed by atoms with Crippen LogP contribution in [-0.4, -0.2) is 7.05 Å². The van der Waals surface area contributed by atoms with E-state index in [4.69, 9.17) is 17.3 Å². The maximum absolute atomic E-state index is 6.38. The van der Waals surface area contributed by atoms with E-state index in [2.05, 4.69) is 43.1 Å². The molecule has 106 valence electrons. The molecule has 2 nitrogen and oxygen atoms in total. The van der Waals surface area contributed by atoms with E-state index < -0.39 is 0 Å². The largest absolute Gasteiger partial charge is 0.369 e. The molecule has 0 amide bonds. The van der Waals surface area contributed by atoms with Crippen LogP contribution in [0.1, 0.15) is 29.7 Å². The Balaban J connectivity index is 2.21. The summed E-state index contributed by atoms with van der Waals surface area (Å²) in [7, 11) is 2.05. The molecule has 20 heavy (non-hydrogen) atoms. The van der Waals surface area contributed by atoms with Crippen molar-refractivity contribution in [3.63, 3.8) is 0 Å². The van der Waals surface area contributed by atoms with Crippen molar-refractivity contribution < 1.29 is 0 Å². The van der Waals surface area contributed by atoms with Crippen LogP contribution in [0.5, 0.6) is 0 Å². The summed E-state index contributed by atoms with van der Waals surface area (Å²) in [4.78, 5) is 2.16. The van der Waals surface area contributed by atoms with Gasteiger partial charge in [-0.25, -0.2) is 0 Å². The maximum Gasteiger partial charge on any atom is 0.0642 e. The minimum Gasteiger partial charge on any atom is -0.369 e. The number of benzene rings is 2. The Bertz CT molecular complexity index is 593. The molecule has 2 aromatic rings. The van der Waals surface area contributed by atoms with Crippen molar-refractivity contribution in [1.82, 2.24) is 0 Å². The first-order chi connectivity index (χ1) is 9.49. The number of halogens is 1. The van der Waals surface area contributed by atoms with Gasteiger partial charge in [-0.05, 0) is 42.7 Å². The first-order valence-electron chi connectivity index (χ1n) is 6.79. The van der Waals surface area contributed by atoms with Gasteiger partial charge in [-0.1, -0.05) is 41.9 Å². The first kappa shape index (κ1) is 14.9. The summed E-state index contributed by atoms with van der Waals surface area (Å²) in [6, 6.07) is 14.4. The second-order valence-electron chi connectivity index (χ2n) is 5.28. The minimum absolute atomic E-state index is 0.00299. The molecule has 2 aromatic carbocycles. The quantitative estimate of drug-likeness (QED) is 0.908. The fourth-order valence-corrected chi connectivity index (χ4v) is 2.58. The molecule has 0 aliphatic heterocycles. The zero-order valence-electron chi connectivity index (χ0n) is 12.2. The SMILES string of the molecule is Cc1ccccc1CN(C)c1ccc([C@H](C)N)cc1Cl. The highest BCUT2D eigenvalue weighted by Crippen LogP contribution is 2.29. The van der Waals surface area contributed by atoms with Gasteiger partial charge in [0.15, 0.2) is 0 Å². The third kappa shape index (κ3) is 3.33. The molecular weight excluding hydrogens is 268 g/mol. The van der Waals surface area contributed by atoms with E-state index in [0.717, 1.165) is 22.8 Å².